The van der Waals surface area contributed by atoms with Gasteiger partial charge in [-0.25, -0.2) is 0 Å². The van der Waals surface area contributed by atoms with E-state index in [4.69, 9.17) is 11.6 Å². The van der Waals surface area contributed by atoms with Crippen LogP contribution in [0.3, 0.4) is 0 Å². The molecule has 0 spiro atoms. The molecule has 0 amide bonds. The van der Waals surface area contributed by atoms with E-state index in [0.717, 1.165) is 24.0 Å². The molecule has 2 rings (SSSR count). The molecule has 1 aromatic carbocycles. The molecule has 1 aliphatic carbocycles. The lowest BCUT2D eigenvalue weighted by atomic mass is 9.88. The predicted molar refractivity (Wildman–Crippen MR) is 58.5 cm³/mol. The van der Waals surface area contributed by atoms with Crippen molar-refractivity contribution < 1.29 is 5.11 Å². The van der Waals surface area contributed by atoms with Gasteiger partial charge >= 0.3 is 0 Å². The van der Waals surface area contributed by atoms with Gasteiger partial charge < -0.3 is 5.11 Å². The molecular formula is C12H15ClO. The van der Waals surface area contributed by atoms with Crippen LogP contribution in [0.15, 0.2) is 18.2 Å². The predicted octanol–water partition coefficient (Wildman–Crippen LogP) is 3.27. The van der Waals surface area contributed by atoms with Gasteiger partial charge in [-0.2, -0.15) is 0 Å². The van der Waals surface area contributed by atoms with Crippen molar-refractivity contribution in [1.82, 2.24) is 0 Å². The number of aryl methyl sites for hydroxylation is 1. The summed E-state index contributed by atoms with van der Waals surface area (Å²) < 4.78 is 0. The molecule has 1 atom stereocenters. The Balaban J connectivity index is 2.43. The molecule has 1 fully saturated rings. The SMILES string of the molecule is Cc1ccc(Cl)cc1C(C)(O)C1CC1. The van der Waals surface area contributed by atoms with Crippen LogP contribution in [-0.4, -0.2) is 5.11 Å². The van der Waals surface area contributed by atoms with Crippen molar-refractivity contribution >= 4 is 11.6 Å². The first-order chi connectivity index (χ1) is 6.51. The molecule has 0 heterocycles. The minimum absolute atomic E-state index is 0.416. The molecule has 0 saturated heterocycles. The van der Waals surface area contributed by atoms with Crippen LogP contribution in [0.4, 0.5) is 0 Å². The zero-order valence-corrected chi connectivity index (χ0v) is 9.30. The van der Waals surface area contributed by atoms with E-state index in [1.54, 1.807) is 0 Å². The molecule has 1 aliphatic rings. The number of rotatable bonds is 2. The average Bonchev–Trinajstić information content (AvgIpc) is 2.91. The third-order valence-electron chi connectivity index (χ3n) is 3.12. The highest BCUT2D eigenvalue weighted by Gasteiger charge is 2.41. The number of benzene rings is 1. The molecule has 76 valence electrons. The second-order valence-corrected chi connectivity index (χ2v) is 4.82. The zero-order valence-electron chi connectivity index (χ0n) is 8.55. The topological polar surface area (TPSA) is 20.2 Å². The molecule has 1 unspecified atom stereocenters. The van der Waals surface area contributed by atoms with Crippen molar-refractivity contribution in [3.8, 4) is 0 Å². The Kier molecular flexibility index (Phi) is 2.32. The summed E-state index contributed by atoms with van der Waals surface area (Å²) in [5.74, 6) is 0.416. The lowest BCUT2D eigenvalue weighted by Crippen LogP contribution is -2.24. The maximum atomic E-state index is 10.4. The van der Waals surface area contributed by atoms with Crippen molar-refractivity contribution in [3.63, 3.8) is 0 Å². The van der Waals surface area contributed by atoms with Crippen LogP contribution in [0, 0.1) is 12.8 Å². The fourth-order valence-electron chi connectivity index (χ4n) is 2.00. The molecular weight excluding hydrogens is 196 g/mol. The van der Waals surface area contributed by atoms with Gasteiger partial charge in [-0.05, 0) is 55.9 Å². The molecule has 0 aromatic heterocycles. The smallest absolute Gasteiger partial charge is 0.0899 e. The van der Waals surface area contributed by atoms with Crippen molar-refractivity contribution in [2.75, 3.05) is 0 Å². The Labute approximate surface area is 89.7 Å². The minimum Gasteiger partial charge on any atom is -0.385 e. The lowest BCUT2D eigenvalue weighted by molar-refractivity contribution is 0.0325. The lowest BCUT2D eigenvalue weighted by Gasteiger charge is -2.25. The normalized spacial score (nSPS) is 20.6. The van der Waals surface area contributed by atoms with E-state index in [1.807, 2.05) is 32.0 Å². The maximum Gasteiger partial charge on any atom is 0.0899 e. The van der Waals surface area contributed by atoms with Gasteiger partial charge in [0.25, 0.3) is 0 Å². The van der Waals surface area contributed by atoms with Crippen LogP contribution in [0.2, 0.25) is 5.02 Å². The first-order valence-electron chi connectivity index (χ1n) is 5.01. The van der Waals surface area contributed by atoms with Crippen LogP contribution in [-0.2, 0) is 5.60 Å². The van der Waals surface area contributed by atoms with Gasteiger partial charge in [0.05, 0.1) is 5.60 Å². The van der Waals surface area contributed by atoms with Gasteiger partial charge in [0, 0.05) is 5.02 Å². The van der Waals surface area contributed by atoms with Gasteiger partial charge in [0.1, 0.15) is 0 Å². The number of halogens is 1. The molecule has 14 heavy (non-hydrogen) atoms. The number of aliphatic hydroxyl groups is 1. The van der Waals surface area contributed by atoms with Crippen LogP contribution in [0.1, 0.15) is 30.9 Å². The highest BCUT2D eigenvalue weighted by Crippen LogP contribution is 2.46. The first-order valence-corrected chi connectivity index (χ1v) is 5.38. The molecule has 2 heteroatoms. The Morgan fingerprint density at radius 2 is 2.07 bits per heavy atom. The Bertz CT molecular complexity index is 353. The van der Waals surface area contributed by atoms with Crippen LogP contribution >= 0.6 is 11.6 Å². The summed E-state index contributed by atoms with van der Waals surface area (Å²) >= 11 is 5.94. The highest BCUT2D eigenvalue weighted by molar-refractivity contribution is 6.30. The quantitative estimate of drug-likeness (QED) is 0.795. The molecule has 1 aromatic rings. The van der Waals surface area contributed by atoms with Crippen LogP contribution < -0.4 is 0 Å². The molecule has 1 N–H and O–H groups in total. The largest absolute Gasteiger partial charge is 0.385 e. The Hall–Kier alpha value is -0.530. The summed E-state index contributed by atoms with van der Waals surface area (Å²) in [5.41, 5.74) is 1.40. The average molecular weight is 211 g/mol. The summed E-state index contributed by atoms with van der Waals surface area (Å²) in [6.45, 7) is 3.91. The summed E-state index contributed by atoms with van der Waals surface area (Å²) in [6, 6.07) is 5.72. The van der Waals surface area contributed by atoms with E-state index >= 15 is 0 Å². The van der Waals surface area contributed by atoms with Gasteiger partial charge in [-0.3, -0.25) is 0 Å². The van der Waals surface area contributed by atoms with Crippen molar-refractivity contribution in [2.24, 2.45) is 5.92 Å². The van der Waals surface area contributed by atoms with Crippen molar-refractivity contribution in [2.45, 2.75) is 32.3 Å². The standard InChI is InChI=1S/C12H15ClO/c1-8-3-6-10(13)7-11(8)12(2,14)9-4-5-9/h3,6-7,9,14H,4-5H2,1-2H3. The molecule has 0 bridgehead atoms. The number of hydrogen-bond acceptors (Lipinski definition) is 1. The highest BCUT2D eigenvalue weighted by atomic mass is 35.5. The number of hydrogen-bond donors (Lipinski definition) is 1. The molecule has 0 aliphatic heterocycles. The summed E-state index contributed by atoms with van der Waals surface area (Å²) in [7, 11) is 0. The zero-order chi connectivity index (χ0) is 10.3. The van der Waals surface area contributed by atoms with E-state index in [2.05, 4.69) is 0 Å². The van der Waals surface area contributed by atoms with E-state index < -0.39 is 5.60 Å². The summed E-state index contributed by atoms with van der Waals surface area (Å²) in [4.78, 5) is 0. The Morgan fingerprint density at radius 3 is 2.64 bits per heavy atom. The second kappa shape index (κ2) is 3.25. The fourth-order valence-corrected chi connectivity index (χ4v) is 2.18. The monoisotopic (exact) mass is 210 g/mol. The van der Waals surface area contributed by atoms with Crippen LogP contribution in [0.25, 0.3) is 0 Å². The second-order valence-electron chi connectivity index (χ2n) is 4.38. The van der Waals surface area contributed by atoms with Crippen LogP contribution in [0.5, 0.6) is 0 Å². The van der Waals surface area contributed by atoms with E-state index in [0.29, 0.717) is 10.9 Å². The maximum absolute atomic E-state index is 10.4. The summed E-state index contributed by atoms with van der Waals surface area (Å²) in [5, 5.41) is 11.1. The summed E-state index contributed by atoms with van der Waals surface area (Å²) in [6.07, 6.45) is 2.25. The van der Waals surface area contributed by atoms with Gasteiger partial charge in [0.2, 0.25) is 0 Å². The molecule has 1 nitrogen and oxygen atoms in total. The molecule has 1 saturated carbocycles. The van der Waals surface area contributed by atoms with Crippen molar-refractivity contribution in [1.29, 1.82) is 0 Å². The van der Waals surface area contributed by atoms with E-state index in [9.17, 15) is 5.11 Å². The van der Waals surface area contributed by atoms with E-state index in [1.165, 1.54) is 0 Å². The molecule has 0 radical (unpaired) electrons. The van der Waals surface area contributed by atoms with Gasteiger partial charge in [-0.1, -0.05) is 17.7 Å². The third kappa shape index (κ3) is 1.67. The van der Waals surface area contributed by atoms with Crippen molar-refractivity contribution in [3.05, 3.63) is 34.3 Å². The Morgan fingerprint density at radius 1 is 1.43 bits per heavy atom. The first kappa shape index (κ1) is 10.0. The van der Waals surface area contributed by atoms with Gasteiger partial charge in [0.15, 0.2) is 0 Å². The van der Waals surface area contributed by atoms with E-state index in [-0.39, 0.29) is 0 Å². The third-order valence-corrected chi connectivity index (χ3v) is 3.35. The van der Waals surface area contributed by atoms with Gasteiger partial charge in [-0.15, -0.1) is 0 Å². The minimum atomic E-state index is -0.699. The fraction of sp³-hybridized carbons (Fsp3) is 0.500.